The van der Waals surface area contributed by atoms with Crippen LogP contribution in [-0.2, 0) is 6.18 Å². The molecule has 11 heavy (non-hydrogen) atoms. The molecule has 1 rings (SSSR count). The molecule has 0 saturated heterocycles. The van der Waals surface area contributed by atoms with Crippen LogP contribution in [0, 0.1) is 0 Å². The van der Waals surface area contributed by atoms with E-state index >= 15 is 0 Å². The van der Waals surface area contributed by atoms with Gasteiger partial charge in [-0.05, 0) is 0 Å². The third kappa shape index (κ3) is 1.60. The number of aromatic nitrogens is 2. The van der Waals surface area contributed by atoms with Gasteiger partial charge < -0.3 is 9.73 Å². The molecular weight excluding hydrogens is 163 g/mol. The average molecular weight is 167 g/mol. The van der Waals surface area contributed by atoms with Gasteiger partial charge in [0, 0.05) is 7.05 Å². The molecule has 0 aliphatic heterocycles. The van der Waals surface area contributed by atoms with Crippen molar-refractivity contribution < 1.29 is 17.6 Å². The molecule has 0 bridgehead atoms. The monoisotopic (exact) mass is 167 g/mol. The highest BCUT2D eigenvalue weighted by Crippen LogP contribution is 2.28. The molecule has 62 valence electrons. The van der Waals surface area contributed by atoms with E-state index in [1.54, 1.807) is 0 Å². The number of hydrogen-bond donors (Lipinski definition) is 1. The van der Waals surface area contributed by atoms with E-state index in [-0.39, 0.29) is 6.01 Å². The third-order valence-electron chi connectivity index (χ3n) is 0.881. The van der Waals surface area contributed by atoms with Crippen molar-refractivity contribution in [1.82, 2.24) is 10.2 Å². The van der Waals surface area contributed by atoms with Gasteiger partial charge in [0.05, 0.1) is 0 Å². The van der Waals surface area contributed by atoms with Crippen molar-refractivity contribution in [2.75, 3.05) is 12.4 Å². The van der Waals surface area contributed by atoms with Gasteiger partial charge in [-0.25, -0.2) is 0 Å². The lowest BCUT2D eigenvalue weighted by Crippen LogP contribution is -2.04. The number of anilines is 1. The first kappa shape index (κ1) is 7.83. The number of hydrogen-bond acceptors (Lipinski definition) is 4. The van der Waals surface area contributed by atoms with Gasteiger partial charge in [-0.15, -0.1) is 5.10 Å². The molecule has 1 N–H and O–H groups in total. The van der Waals surface area contributed by atoms with Crippen LogP contribution in [0.2, 0.25) is 0 Å². The predicted molar refractivity (Wildman–Crippen MR) is 28.8 cm³/mol. The maximum atomic E-state index is 11.7. The zero-order chi connectivity index (χ0) is 8.48. The van der Waals surface area contributed by atoms with Gasteiger partial charge in [0.1, 0.15) is 0 Å². The van der Waals surface area contributed by atoms with Crippen LogP contribution in [0.15, 0.2) is 4.42 Å². The van der Waals surface area contributed by atoms with E-state index in [1.807, 2.05) is 0 Å². The summed E-state index contributed by atoms with van der Waals surface area (Å²) >= 11 is 0. The van der Waals surface area contributed by atoms with Crippen molar-refractivity contribution >= 4 is 6.01 Å². The second-order valence-electron chi connectivity index (χ2n) is 1.66. The highest BCUT2D eigenvalue weighted by atomic mass is 19.4. The minimum Gasteiger partial charge on any atom is -0.399 e. The van der Waals surface area contributed by atoms with Crippen LogP contribution in [0.5, 0.6) is 0 Å². The maximum absolute atomic E-state index is 11.7. The number of nitrogens with one attached hydrogen (secondary N) is 1. The van der Waals surface area contributed by atoms with Crippen LogP contribution in [-0.4, -0.2) is 17.2 Å². The Bertz CT molecular complexity index is 243. The molecule has 0 saturated carbocycles. The molecule has 0 aliphatic carbocycles. The summed E-state index contributed by atoms with van der Waals surface area (Å²) in [6.45, 7) is 0. The van der Waals surface area contributed by atoms with E-state index in [4.69, 9.17) is 0 Å². The summed E-state index contributed by atoms with van der Waals surface area (Å²) in [6, 6.07) is -0.252. The van der Waals surface area contributed by atoms with Gasteiger partial charge in [-0.3, -0.25) is 0 Å². The summed E-state index contributed by atoms with van der Waals surface area (Å²) in [6.07, 6.45) is -4.57. The largest absolute Gasteiger partial charge is 0.470 e. The molecule has 0 spiro atoms. The zero-order valence-electron chi connectivity index (χ0n) is 5.44. The Kier molecular flexibility index (Phi) is 1.71. The first-order chi connectivity index (χ1) is 5.04. The van der Waals surface area contributed by atoms with Crippen molar-refractivity contribution in [3.05, 3.63) is 5.89 Å². The molecular formula is C4H4F3N3O. The van der Waals surface area contributed by atoms with E-state index in [1.165, 1.54) is 7.05 Å². The summed E-state index contributed by atoms with van der Waals surface area (Å²) < 4.78 is 39.3. The molecule has 1 aromatic heterocycles. The van der Waals surface area contributed by atoms with Crippen molar-refractivity contribution in [3.8, 4) is 0 Å². The molecule has 0 atom stereocenters. The molecule has 0 aliphatic rings. The number of rotatable bonds is 1. The fourth-order valence-electron chi connectivity index (χ4n) is 0.439. The van der Waals surface area contributed by atoms with Gasteiger partial charge in [-0.1, -0.05) is 5.10 Å². The van der Waals surface area contributed by atoms with Crippen LogP contribution < -0.4 is 5.32 Å². The van der Waals surface area contributed by atoms with Crippen LogP contribution in [0.3, 0.4) is 0 Å². The molecule has 0 fully saturated rings. The van der Waals surface area contributed by atoms with Gasteiger partial charge in [0.2, 0.25) is 0 Å². The first-order valence-electron chi connectivity index (χ1n) is 2.62. The Balaban J connectivity index is 2.89. The Morgan fingerprint density at radius 3 is 2.27 bits per heavy atom. The topological polar surface area (TPSA) is 51.0 Å². The van der Waals surface area contributed by atoms with Crippen molar-refractivity contribution in [3.63, 3.8) is 0 Å². The van der Waals surface area contributed by atoms with Crippen LogP contribution >= 0.6 is 0 Å². The Morgan fingerprint density at radius 1 is 1.36 bits per heavy atom. The van der Waals surface area contributed by atoms with E-state index in [0.29, 0.717) is 0 Å². The molecule has 0 aromatic carbocycles. The van der Waals surface area contributed by atoms with Gasteiger partial charge >= 0.3 is 18.1 Å². The van der Waals surface area contributed by atoms with Crippen LogP contribution in [0.25, 0.3) is 0 Å². The predicted octanol–water partition coefficient (Wildman–Crippen LogP) is 1.13. The second kappa shape index (κ2) is 2.40. The van der Waals surface area contributed by atoms with E-state index < -0.39 is 12.1 Å². The van der Waals surface area contributed by atoms with Crippen molar-refractivity contribution in [1.29, 1.82) is 0 Å². The van der Waals surface area contributed by atoms with Gasteiger partial charge in [-0.2, -0.15) is 13.2 Å². The van der Waals surface area contributed by atoms with Crippen molar-refractivity contribution in [2.45, 2.75) is 6.18 Å². The summed E-state index contributed by atoms with van der Waals surface area (Å²) in [5.41, 5.74) is 0. The lowest BCUT2D eigenvalue weighted by molar-refractivity contribution is -0.156. The highest BCUT2D eigenvalue weighted by Gasteiger charge is 2.38. The minimum absolute atomic E-state index is 0.252. The normalized spacial score (nSPS) is 11.6. The standard InChI is InChI=1S/C4H4F3N3O/c1-8-3-10-9-2(11-3)4(5,6)7/h1H3,(H,8,10). The zero-order valence-corrected chi connectivity index (χ0v) is 5.44. The number of halogens is 3. The molecule has 0 amide bonds. The average Bonchev–Trinajstić information content (AvgIpc) is 2.32. The molecule has 0 radical (unpaired) electrons. The highest BCUT2D eigenvalue weighted by molar-refractivity contribution is 5.14. The fourth-order valence-corrected chi connectivity index (χ4v) is 0.439. The quantitative estimate of drug-likeness (QED) is 0.681. The van der Waals surface area contributed by atoms with Crippen LogP contribution in [0.4, 0.5) is 19.2 Å². The van der Waals surface area contributed by atoms with E-state index in [0.717, 1.165) is 0 Å². The third-order valence-corrected chi connectivity index (χ3v) is 0.881. The van der Waals surface area contributed by atoms with E-state index in [2.05, 4.69) is 19.9 Å². The molecule has 1 aromatic rings. The molecule has 1 heterocycles. The SMILES string of the molecule is CNc1nnc(C(F)(F)F)o1. The summed E-state index contributed by atoms with van der Waals surface area (Å²) in [5, 5.41) is 8.09. The summed E-state index contributed by atoms with van der Waals surface area (Å²) in [4.78, 5) is 0. The minimum atomic E-state index is -4.57. The van der Waals surface area contributed by atoms with E-state index in [9.17, 15) is 13.2 Å². The fraction of sp³-hybridized carbons (Fsp3) is 0.500. The smallest absolute Gasteiger partial charge is 0.399 e. The Morgan fingerprint density at radius 2 is 2.00 bits per heavy atom. The Hall–Kier alpha value is -1.27. The number of alkyl halides is 3. The Labute approximate surface area is 59.4 Å². The van der Waals surface area contributed by atoms with Crippen molar-refractivity contribution in [2.24, 2.45) is 0 Å². The molecule has 4 nitrogen and oxygen atoms in total. The number of nitrogens with zero attached hydrogens (tertiary/aromatic N) is 2. The van der Waals surface area contributed by atoms with Crippen LogP contribution in [0.1, 0.15) is 5.89 Å². The maximum Gasteiger partial charge on any atom is 0.470 e. The van der Waals surface area contributed by atoms with Gasteiger partial charge in [0.15, 0.2) is 0 Å². The summed E-state index contributed by atoms with van der Waals surface area (Å²) in [7, 11) is 1.38. The summed E-state index contributed by atoms with van der Waals surface area (Å²) in [5.74, 6) is -1.35. The first-order valence-corrected chi connectivity index (χ1v) is 2.62. The molecule has 0 unspecified atom stereocenters. The lowest BCUT2D eigenvalue weighted by Gasteiger charge is -1.96. The molecule has 7 heteroatoms. The second-order valence-corrected chi connectivity index (χ2v) is 1.66. The lowest BCUT2D eigenvalue weighted by atomic mass is 10.7. The van der Waals surface area contributed by atoms with Gasteiger partial charge in [0.25, 0.3) is 0 Å².